The number of anilines is 2. The number of carbonyl (C=O) groups is 4. The summed E-state index contributed by atoms with van der Waals surface area (Å²) in [5.41, 5.74) is 1.52. The number of ether oxygens (including phenoxy) is 1. The van der Waals surface area contributed by atoms with Crippen LogP contribution >= 0.6 is 0 Å². The van der Waals surface area contributed by atoms with E-state index in [2.05, 4.69) is 0 Å². The van der Waals surface area contributed by atoms with Crippen molar-refractivity contribution in [3.05, 3.63) is 119 Å². The van der Waals surface area contributed by atoms with Crippen LogP contribution in [0.5, 0.6) is 11.5 Å². The second-order valence-electron chi connectivity index (χ2n) is 8.02. The zero-order chi connectivity index (χ0) is 24.1. The number of hydrogen-bond acceptors (Lipinski definition) is 5. The molecule has 2 heterocycles. The number of nitrogens with zero attached hydrogens (tertiary/aromatic N) is 2. The molecule has 4 aromatic carbocycles. The lowest BCUT2D eigenvalue weighted by molar-refractivity contribution is 0.0910. The fourth-order valence-electron chi connectivity index (χ4n) is 4.42. The third-order valence-electron chi connectivity index (χ3n) is 6.00. The van der Waals surface area contributed by atoms with Crippen LogP contribution in [0, 0.1) is 0 Å². The molecular weight excluding hydrogens is 444 g/mol. The fourth-order valence-corrected chi connectivity index (χ4v) is 4.42. The second kappa shape index (κ2) is 7.78. The third-order valence-corrected chi connectivity index (χ3v) is 6.00. The van der Waals surface area contributed by atoms with Crippen molar-refractivity contribution in [1.82, 2.24) is 0 Å². The predicted octanol–water partition coefficient (Wildman–Crippen LogP) is 5.08. The van der Waals surface area contributed by atoms with Gasteiger partial charge in [0.1, 0.15) is 11.5 Å². The summed E-state index contributed by atoms with van der Waals surface area (Å²) in [6.45, 7) is 0. The Morgan fingerprint density at radius 2 is 0.829 bits per heavy atom. The molecule has 0 bridgehead atoms. The van der Waals surface area contributed by atoms with Crippen LogP contribution in [0.25, 0.3) is 0 Å². The fraction of sp³-hybridized carbons (Fsp3) is 0. The molecule has 0 aromatic heterocycles. The molecule has 0 spiro atoms. The van der Waals surface area contributed by atoms with Gasteiger partial charge in [-0.05, 0) is 48.5 Å². The van der Waals surface area contributed by atoms with Gasteiger partial charge in [-0.25, -0.2) is 9.80 Å². The number of fused-ring (bicyclic) bond motifs is 2. The molecule has 0 unspecified atom stereocenters. The van der Waals surface area contributed by atoms with Gasteiger partial charge >= 0.3 is 0 Å². The summed E-state index contributed by atoms with van der Waals surface area (Å²) in [4.78, 5) is 54.9. The van der Waals surface area contributed by atoms with Gasteiger partial charge in [0.25, 0.3) is 23.6 Å². The molecule has 35 heavy (non-hydrogen) atoms. The van der Waals surface area contributed by atoms with Gasteiger partial charge in [-0.15, -0.1) is 0 Å². The maximum Gasteiger partial charge on any atom is 0.269 e. The van der Waals surface area contributed by atoms with Crippen LogP contribution < -0.4 is 14.5 Å². The molecule has 6 rings (SSSR count). The molecule has 2 aliphatic heterocycles. The second-order valence-corrected chi connectivity index (χ2v) is 8.02. The lowest BCUT2D eigenvalue weighted by Crippen LogP contribution is -2.29. The number of imide groups is 2. The average molecular weight is 460 g/mol. The van der Waals surface area contributed by atoms with E-state index in [1.807, 2.05) is 0 Å². The van der Waals surface area contributed by atoms with E-state index in [1.54, 1.807) is 97.1 Å². The van der Waals surface area contributed by atoms with Crippen LogP contribution in [-0.2, 0) is 0 Å². The number of hydrogen-bond donors (Lipinski definition) is 0. The number of amides is 4. The summed E-state index contributed by atoms with van der Waals surface area (Å²) < 4.78 is 6.07. The van der Waals surface area contributed by atoms with Crippen LogP contribution in [0.2, 0.25) is 0 Å². The minimum absolute atomic E-state index is 0.107. The third kappa shape index (κ3) is 3.06. The molecule has 0 saturated heterocycles. The molecule has 0 radical (unpaired) electrons. The van der Waals surface area contributed by atoms with E-state index in [-0.39, 0.29) is 33.8 Å². The van der Waals surface area contributed by atoms with E-state index in [4.69, 9.17) is 4.74 Å². The minimum Gasteiger partial charge on any atom is -0.456 e. The van der Waals surface area contributed by atoms with E-state index in [1.165, 1.54) is 0 Å². The van der Waals surface area contributed by atoms with Crippen molar-refractivity contribution in [3.8, 4) is 11.5 Å². The van der Waals surface area contributed by atoms with Crippen molar-refractivity contribution in [2.24, 2.45) is 0 Å². The van der Waals surface area contributed by atoms with E-state index in [9.17, 15) is 19.2 Å². The maximum absolute atomic E-state index is 13.3. The molecule has 7 nitrogen and oxygen atoms in total. The highest BCUT2D eigenvalue weighted by Crippen LogP contribution is 2.40. The molecule has 0 aliphatic carbocycles. The highest BCUT2D eigenvalue weighted by Gasteiger charge is 2.41. The monoisotopic (exact) mass is 460 g/mol. The minimum atomic E-state index is -0.521. The Labute approximate surface area is 199 Å². The quantitative estimate of drug-likeness (QED) is 0.397. The van der Waals surface area contributed by atoms with Gasteiger partial charge in [-0.3, -0.25) is 19.2 Å². The van der Waals surface area contributed by atoms with E-state index in [0.717, 1.165) is 9.80 Å². The zero-order valence-electron chi connectivity index (χ0n) is 18.2. The number of rotatable bonds is 4. The maximum atomic E-state index is 13.3. The van der Waals surface area contributed by atoms with Crippen molar-refractivity contribution in [2.45, 2.75) is 0 Å². The van der Waals surface area contributed by atoms with Gasteiger partial charge in [0.2, 0.25) is 0 Å². The van der Waals surface area contributed by atoms with Gasteiger partial charge < -0.3 is 4.74 Å². The topological polar surface area (TPSA) is 84.0 Å². The molecule has 4 amide bonds. The van der Waals surface area contributed by atoms with Crippen molar-refractivity contribution < 1.29 is 23.9 Å². The number of para-hydroxylation sites is 2. The molecule has 0 atom stereocenters. The Balaban J connectivity index is 1.40. The van der Waals surface area contributed by atoms with Gasteiger partial charge in [-0.2, -0.15) is 0 Å². The Morgan fingerprint density at radius 3 is 1.23 bits per heavy atom. The lowest BCUT2D eigenvalue weighted by atomic mass is 10.1. The summed E-state index contributed by atoms with van der Waals surface area (Å²) in [6, 6.07) is 26.7. The molecule has 0 fully saturated rings. The Morgan fingerprint density at radius 1 is 0.429 bits per heavy atom. The molecule has 4 aromatic rings. The van der Waals surface area contributed by atoms with Crippen LogP contribution in [0.1, 0.15) is 41.4 Å². The number of carbonyl (C=O) groups excluding carboxylic acids is 4. The Hall–Kier alpha value is -5.04. The lowest BCUT2D eigenvalue weighted by Gasteiger charge is -2.15. The smallest absolute Gasteiger partial charge is 0.269 e. The normalized spacial score (nSPS) is 14.4. The molecule has 0 saturated carbocycles. The van der Waals surface area contributed by atoms with Crippen LogP contribution in [0.3, 0.4) is 0 Å². The summed E-state index contributed by atoms with van der Waals surface area (Å²) >= 11 is 0. The van der Waals surface area contributed by atoms with Gasteiger partial charge in [-0.1, -0.05) is 48.5 Å². The Kier molecular flexibility index (Phi) is 4.57. The van der Waals surface area contributed by atoms with Gasteiger partial charge in [0, 0.05) is 0 Å². The largest absolute Gasteiger partial charge is 0.456 e. The van der Waals surface area contributed by atoms with E-state index >= 15 is 0 Å². The number of benzene rings is 4. The van der Waals surface area contributed by atoms with E-state index < -0.39 is 23.6 Å². The molecule has 168 valence electrons. The zero-order valence-corrected chi connectivity index (χ0v) is 18.2. The van der Waals surface area contributed by atoms with E-state index in [0.29, 0.717) is 11.4 Å². The molecule has 2 aliphatic rings. The molecule has 0 N–H and O–H groups in total. The summed E-state index contributed by atoms with van der Waals surface area (Å²) in [6.07, 6.45) is 0. The SMILES string of the molecule is O=C1c2cccc(Oc3cccc4c3C(=O)N(c3ccccc3)C4=O)c2C(=O)N1c1ccccc1. The Bertz CT molecular complexity index is 1430. The standard InChI is InChI=1S/C28H16N2O5/c31-25-19-13-7-15-21(23(19)27(33)29(25)17-9-3-1-4-10-17)35-22-16-8-14-20-24(22)28(34)30(26(20)32)18-11-5-2-6-12-18/h1-16H. The first-order valence-corrected chi connectivity index (χ1v) is 10.9. The first-order chi connectivity index (χ1) is 17.1. The average Bonchev–Trinajstić information content (AvgIpc) is 3.30. The molecular formula is C28H16N2O5. The van der Waals surface area contributed by atoms with Crippen molar-refractivity contribution in [1.29, 1.82) is 0 Å². The van der Waals surface area contributed by atoms with Crippen LogP contribution in [0.4, 0.5) is 11.4 Å². The summed E-state index contributed by atoms with van der Waals surface area (Å²) in [7, 11) is 0. The van der Waals surface area contributed by atoms with Crippen molar-refractivity contribution >= 4 is 35.0 Å². The highest BCUT2D eigenvalue weighted by atomic mass is 16.5. The van der Waals surface area contributed by atoms with Crippen molar-refractivity contribution in [2.75, 3.05) is 9.80 Å². The summed E-state index contributed by atoms with van der Waals surface area (Å²) in [5, 5.41) is 0. The van der Waals surface area contributed by atoms with Crippen molar-refractivity contribution in [3.63, 3.8) is 0 Å². The summed E-state index contributed by atoms with van der Waals surface area (Å²) in [5.74, 6) is -1.69. The van der Waals surface area contributed by atoms with Gasteiger partial charge in [0.15, 0.2) is 0 Å². The van der Waals surface area contributed by atoms with Gasteiger partial charge in [0.05, 0.1) is 33.6 Å². The highest BCUT2D eigenvalue weighted by molar-refractivity contribution is 6.36. The van der Waals surface area contributed by atoms with Crippen LogP contribution in [0.15, 0.2) is 97.1 Å². The predicted molar refractivity (Wildman–Crippen MR) is 128 cm³/mol. The van der Waals surface area contributed by atoms with Crippen LogP contribution in [-0.4, -0.2) is 23.6 Å². The first-order valence-electron chi connectivity index (χ1n) is 10.9. The first kappa shape index (κ1) is 20.6. The molecule has 7 heteroatoms.